The Morgan fingerprint density at radius 3 is 2.36 bits per heavy atom. The van der Waals surface area contributed by atoms with Gasteiger partial charge in [0.15, 0.2) is 0 Å². The zero-order chi connectivity index (χ0) is 24.4. The van der Waals surface area contributed by atoms with Crippen LogP contribution in [0.2, 0.25) is 0 Å². The second-order valence-corrected chi connectivity index (χ2v) is 10.1. The van der Waals surface area contributed by atoms with Crippen molar-refractivity contribution in [1.29, 1.82) is 0 Å². The second-order valence-electron chi connectivity index (χ2n) is 7.91. The lowest BCUT2D eigenvalue weighted by Gasteiger charge is -2.21. The number of nitrogens with one attached hydrogen (secondary N) is 1. The summed E-state index contributed by atoms with van der Waals surface area (Å²) in [5, 5.41) is 3.33. The standard InChI is InChI=1S/C20H27N5O4S.C3H8/c1-4-5-6-17(15-7-9-16(10-8-15)30(27,28)24(2)3)22-19-21-12-11-18(23-19)25-13-14-29-20(25)26;1-3-2/h7-12,17H,4-6,13-14H2,1-3H3,(H,21,22,23);3H2,1-2H3. The summed E-state index contributed by atoms with van der Waals surface area (Å²) in [4.78, 5) is 22.3. The third-order valence-electron chi connectivity index (χ3n) is 4.89. The highest BCUT2D eigenvalue weighted by molar-refractivity contribution is 7.89. The van der Waals surface area contributed by atoms with Crippen molar-refractivity contribution in [2.24, 2.45) is 0 Å². The molecule has 0 spiro atoms. The van der Waals surface area contributed by atoms with E-state index in [0.29, 0.717) is 24.9 Å². The van der Waals surface area contributed by atoms with E-state index in [1.54, 1.807) is 24.4 Å². The van der Waals surface area contributed by atoms with Gasteiger partial charge < -0.3 is 10.1 Å². The van der Waals surface area contributed by atoms with E-state index in [4.69, 9.17) is 4.74 Å². The minimum atomic E-state index is -3.48. The molecule has 182 valence electrons. The highest BCUT2D eigenvalue weighted by Crippen LogP contribution is 2.26. The van der Waals surface area contributed by atoms with Crippen molar-refractivity contribution in [2.45, 2.75) is 57.4 Å². The topological polar surface area (TPSA) is 105 Å². The zero-order valence-electron chi connectivity index (χ0n) is 20.1. The monoisotopic (exact) mass is 477 g/mol. The Morgan fingerprint density at radius 1 is 1.15 bits per heavy atom. The number of amides is 1. The van der Waals surface area contributed by atoms with Crippen LogP contribution in [0.5, 0.6) is 0 Å². The summed E-state index contributed by atoms with van der Waals surface area (Å²) in [6.07, 6.45) is 5.26. The summed E-state index contributed by atoms with van der Waals surface area (Å²) in [5.41, 5.74) is 0.941. The summed E-state index contributed by atoms with van der Waals surface area (Å²) in [5.74, 6) is 0.884. The van der Waals surface area contributed by atoms with Gasteiger partial charge in [-0.2, -0.15) is 4.98 Å². The third-order valence-corrected chi connectivity index (χ3v) is 6.72. The average Bonchev–Trinajstić information content (AvgIpc) is 3.23. The molecule has 0 aliphatic carbocycles. The van der Waals surface area contributed by atoms with Crippen LogP contribution in [0.25, 0.3) is 0 Å². The Morgan fingerprint density at radius 2 is 1.82 bits per heavy atom. The van der Waals surface area contributed by atoms with Gasteiger partial charge in [-0.25, -0.2) is 22.5 Å². The highest BCUT2D eigenvalue weighted by Gasteiger charge is 2.25. The van der Waals surface area contributed by atoms with E-state index in [1.807, 2.05) is 12.1 Å². The number of cyclic esters (lactones) is 1. The van der Waals surface area contributed by atoms with Crippen LogP contribution in [-0.2, 0) is 14.8 Å². The normalized spacial score (nSPS) is 14.5. The molecule has 33 heavy (non-hydrogen) atoms. The first kappa shape index (κ1) is 26.5. The smallest absolute Gasteiger partial charge is 0.415 e. The summed E-state index contributed by atoms with van der Waals surface area (Å²) in [7, 11) is -0.458. The number of unbranched alkanes of at least 4 members (excludes halogenated alkanes) is 1. The molecule has 2 aromatic rings. The van der Waals surface area contributed by atoms with Crippen molar-refractivity contribution in [3.05, 3.63) is 42.1 Å². The molecule has 10 heteroatoms. The minimum absolute atomic E-state index is 0.0955. The maximum absolute atomic E-state index is 12.3. The largest absolute Gasteiger partial charge is 0.447 e. The van der Waals surface area contributed by atoms with E-state index in [-0.39, 0.29) is 10.9 Å². The molecule has 1 unspecified atom stereocenters. The van der Waals surface area contributed by atoms with E-state index < -0.39 is 16.1 Å². The lowest BCUT2D eigenvalue weighted by molar-refractivity contribution is 0.181. The molecular formula is C23H35N5O4S. The predicted molar refractivity (Wildman–Crippen MR) is 130 cm³/mol. The summed E-state index contributed by atoms with van der Waals surface area (Å²) in [6, 6.07) is 8.42. The van der Waals surface area contributed by atoms with E-state index >= 15 is 0 Å². The van der Waals surface area contributed by atoms with Gasteiger partial charge in [0.1, 0.15) is 12.4 Å². The summed E-state index contributed by atoms with van der Waals surface area (Å²) < 4.78 is 30.8. The summed E-state index contributed by atoms with van der Waals surface area (Å²) >= 11 is 0. The third kappa shape index (κ3) is 7.13. The minimum Gasteiger partial charge on any atom is -0.447 e. The van der Waals surface area contributed by atoms with Crippen LogP contribution in [0.15, 0.2) is 41.4 Å². The first-order valence-corrected chi connectivity index (χ1v) is 12.7. The first-order valence-electron chi connectivity index (χ1n) is 11.3. The van der Waals surface area contributed by atoms with Gasteiger partial charge in [0.05, 0.1) is 17.5 Å². The number of rotatable bonds is 9. The lowest BCUT2D eigenvalue weighted by atomic mass is 10.0. The van der Waals surface area contributed by atoms with Gasteiger partial charge in [0, 0.05) is 20.3 Å². The molecule has 2 heterocycles. The van der Waals surface area contributed by atoms with Crippen molar-refractivity contribution >= 4 is 27.9 Å². The van der Waals surface area contributed by atoms with Gasteiger partial charge in [-0.1, -0.05) is 52.2 Å². The second kappa shape index (κ2) is 12.5. The summed E-state index contributed by atoms with van der Waals surface area (Å²) in [6.45, 7) is 7.16. The molecule has 9 nitrogen and oxygen atoms in total. The molecule has 0 bridgehead atoms. The fourth-order valence-corrected chi connectivity index (χ4v) is 4.04. The van der Waals surface area contributed by atoms with Crippen LogP contribution in [0.4, 0.5) is 16.6 Å². The lowest BCUT2D eigenvalue weighted by Crippen LogP contribution is -2.25. The van der Waals surface area contributed by atoms with Crippen LogP contribution in [-0.4, -0.2) is 56.0 Å². The maximum Gasteiger partial charge on any atom is 0.415 e. The Hall–Kier alpha value is -2.72. The molecule has 1 aromatic carbocycles. The molecular weight excluding hydrogens is 442 g/mol. The Labute approximate surface area is 197 Å². The molecule has 3 rings (SSSR count). The number of aromatic nitrogens is 2. The fourth-order valence-electron chi connectivity index (χ4n) is 3.14. The van der Waals surface area contributed by atoms with E-state index in [0.717, 1.165) is 24.8 Å². The van der Waals surface area contributed by atoms with Gasteiger partial charge in [-0.3, -0.25) is 4.90 Å². The van der Waals surface area contributed by atoms with Crippen LogP contribution >= 0.6 is 0 Å². The van der Waals surface area contributed by atoms with Crippen LogP contribution < -0.4 is 10.2 Å². The number of hydrogen-bond acceptors (Lipinski definition) is 7. The number of anilines is 2. The molecule has 1 atom stereocenters. The van der Waals surface area contributed by atoms with Crippen molar-refractivity contribution < 1.29 is 17.9 Å². The number of sulfonamides is 1. The van der Waals surface area contributed by atoms with Crippen LogP contribution in [0.1, 0.15) is 58.1 Å². The molecule has 0 radical (unpaired) electrons. The van der Waals surface area contributed by atoms with E-state index in [9.17, 15) is 13.2 Å². The number of carbonyl (C=O) groups is 1. The Balaban J connectivity index is 0.00000122. The molecule has 1 aromatic heterocycles. The molecule has 1 aliphatic rings. The molecule has 1 saturated heterocycles. The van der Waals surface area contributed by atoms with E-state index in [1.165, 1.54) is 29.7 Å². The molecule has 1 aliphatic heterocycles. The Kier molecular flexibility index (Phi) is 10.1. The number of ether oxygens (including phenoxy) is 1. The fraction of sp³-hybridized carbons (Fsp3) is 0.522. The van der Waals surface area contributed by atoms with Gasteiger partial charge in [0.25, 0.3) is 0 Å². The average molecular weight is 478 g/mol. The van der Waals surface area contributed by atoms with Crippen LogP contribution in [0, 0.1) is 0 Å². The molecule has 0 saturated carbocycles. The number of benzene rings is 1. The van der Waals surface area contributed by atoms with Crippen molar-refractivity contribution in [3.63, 3.8) is 0 Å². The first-order chi connectivity index (χ1) is 15.7. The van der Waals surface area contributed by atoms with Crippen LogP contribution in [0.3, 0.4) is 0 Å². The SMILES string of the molecule is CCC.CCCCC(Nc1nccc(N2CCOC2=O)n1)c1ccc(S(=O)(=O)N(C)C)cc1. The van der Waals surface area contributed by atoms with Gasteiger partial charge in [-0.15, -0.1) is 0 Å². The quantitative estimate of drug-likeness (QED) is 0.569. The molecule has 1 N–H and O–H groups in total. The zero-order valence-corrected chi connectivity index (χ0v) is 20.9. The van der Waals surface area contributed by atoms with Gasteiger partial charge >= 0.3 is 6.09 Å². The van der Waals surface area contributed by atoms with Gasteiger partial charge in [-0.05, 0) is 30.2 Å². The van der Waals surface area contributed by atoms with Gasteiger partial charge in [0.2, 0.25) is 16.0 Å². The maximum atomic E-state index is 12.3. The number of hydrogen-bond donors (Lipinski definition) is 1. The van der Waals surface area contributed by atoms with Crippen molar-refractivity contribution in [2.75, 3.05) is 37.5 Å². The van der Waals surface area contributed by atoms with Crippen molar-refractivity contribution in [3.8, 4) is 0 Å². The number of carbonyl (C=O) groups excluding carboxylic acids is 1. The Bertz CT molecular complexity index is 996. The molecule has 1 amide bonds. The number of nitrogens with zero attached hydrogens (tertiary/aromatic N) is 4. The van der Waals surface area contributed by atoms with E-state index in [2.05, 4.69) is 36.1 Å². The van der Waals surface area contributed by atoms with Crippen molar-refractivity contribution in [1.82, 2.24) is 14.3 Å². The predicted octanol–water partition coefficient (Wildman–Crippen LogP) is 4.44. The highest BCUT2D eigenvalue weighted by atomic mass is 32.2. The molecule has 1 fully saturated rings.